The molecule has 1 aliphatic rings. The lowest BCUT2D eigenvalue weighted by atomic mass is 10.0. The summed E-state index contributed by atoms with van der Waals surface area (Å²) in [5.74, 6) is 0.770. The first-order chi connectivity index (χ1) is 13.8. The van der Waals surface area contributed by atoms with E-state index in [1.54, 1.807) is 23.4 Å². The smallest absolute Gasteiger partial charge is 0.277 e. The lowest BCUT2D eigenvalue weighted by Crippen LogP contribution is -2.30. The zero-order chi connectivity index (χ0) is 20.6. The predicted molar refractivity (Wildman–Crippen MR) is 109 cm³/mol. The van der Waals surface area contributed by atoms with Crippen molar-refractivity contribution < 1.29 is 17.4 Å². The van der Waals surface area contributed by atoms with Crippen molar-refractivity contribution in [1.29, 1.82) is 0 Å². The van der Waals surface area contributed by atoms with Gasteiger partial charge in [-0.15, -0.1) is 0 Å². The second kappa shape index (κ2) is 7.78. The number of aryl methyl sites for hydroxylation is 1. The van der Waals surface area contributed by atoms with Crippen LogP contribution in [0.3, 0.4) is 0 Å². The van der Waals surface area contributed by atoms with Crippen molar-refractivity contribution in [3.05, 3.63) is 59.3 Å². The van der Waals surface area contributed by atoms with Crippen LogP contribution in [0.25, 0.3) is 11.5 Å². The lowest BCUT2D eigenvalue weighted by Gasteiger charge is -2.23. The highest BCUT2D eigenvalue weighted by molar-refractivity contribution is 7.89. The summed E-state index contributed by atoms with van der Waals surface area (Å²) in [6.07, 6.45) is 1.61. The third kappa shape index (κ3) is 4.01. The van der Waals surface area contributed by atoms with Gasteiger partial charge in [-0.1, -0.05) is 29.4 Å². The summed E-state index contributed by atoms with van der Waals surface area (Å²) in [5.41, 5.74) is 2.91. The third-order valence-corrected chi connectivity index (χ3v) is 6.86. The van der Waals surface area contributed by atoms with Crippen LogP contribution in [0.4, 0.5) is 0 Å². The molecule has 3 heterocycles. The summed E-state index contributed by atoms with van der Waals surface area (Å²) in [7, 11) is 0.300. The van der Waals surface area contributed by atoms with E-state index in [1.807, 2.05) is 26.2 Å². The van der Waals surface area contributed by atoms with Crippen molar-refractivity contribution in [1.82, 2.24) is 14.4 Å². The van der Waals surface area contributed by atoms with Crippen LogP contribution in [0.5, 0.6) is 0 Å². The Hall–Kier alpha value is -2.42. The molecule has 1 unspecified atom stereocenters. The summed E-state index contributed by atoms with van der Waals surface area (Å²) in [5, 5.41) is 3.75. The van der Waals surface area contributed by atoms with E-state index in [9.17, 15) is 8.42 Å². The van der Waals surface area contributed by atoms with E-state index in [1.165, 1.54) is 11.6 Å². The normalized spacial score (nSPS) is 18.0. The van der Waals surface area contributed by atoms with Crippen LogP contribution in [-0.4, -0.2) is 43.4 Å². The van der Waals surface area contributed by atoms with Gasteiger partial charge >= 0.3 is 0 Å². The van der Waals surface area contributed by atoms with Crippen molar-refractivity contribution >= 4 is 10.0 Å². The molecule has 29 heavy (non-hydrogen) atoms. The first-order valence-corrected chi connectivity index (χ1v) is 11.1. The first kappa shape index (κ1) is 19.9. The van der Waals surface area contributed by atoms with Gasteiger partial charge in [-0.2, -0.15) is 4.31 Å². The highest BCUT2D eigenvalue weighted by atomic mass is 32.2. The highest BCUT2D eigenvalue weighted by Crippen LogP contribution is 2.37. The van der Waals surface area contributed by atoms with Crippen molar-refractivity contribution in [3.63, 3.8) is 0 Å². The average molecular weight is 416 g/mol. The quantitative estimate of drug-likeness (QED) is 0.609. The van der Waals surface area contributed by atoms with Gasteiger partial charge in [0.25, 0.3) is 10.0 Å². The van der Waals surface area contributed by atoms with Gasteiger partial charge in [-0.25, -0.2) is 8.42 Å². The average Bonchev–Trinajstić information content (AvgIpc) is 3.42. The number of nitrogens with zero attached hydrogens (tertiary/aromatic N) is 3. The second-order valence-electron chi connectivity index (χ2n) is 7.70. The molecule has 0 saturated carbocycles. The van der Waals surface area contributed by atoms with E-state index < -0.39 is 10.0 Å². The fraction of sp³-hybridized carbons (Fsp3) is 0.381. The van der Waals surface area contributed by atoms with E-state index in [0.717, 1.165) is 24.9 Å². The maximum absolute atomic E-state index is 13.3. The van der Waals surface area contributed by atoms with Gasteiger partial charge in [0.15, 0.2) is 5.76 Å². The third-order valence-electron chi connectivity index (χ3n) is 5.08. The highest BCUT2D eigenvalue weighted by Gasteiger charge is 2.38. The molecule has 1 fully saturated rings. The minimum Gasteiger partial charge on any atom is -0.440 e. The van der Waals surface area contributed by atoms with Gasteiger partial charge in [0.05, 0.1) is 11.7 Å². The molecule has 0 aliphatic carbocycles. The van der Waals surface area contributed by atoms with Crippen molar-refractivity contribution in [2.45, 2.75) is 37.4 Å². The Kier molecular flexibility index (Phi) is 5.33. The molecule has 154 valence electrons. The monoisotopic (exact) mass is 415 g/mol. The Morgan fingerprint density at radius 2 is 1.90 bits per heavy atom. The molecule has 0 bridgehead atoms. The molecule has 2 aromatic heterocycles. The number of rotatable bonds is 6. The molecule has 1 atom stereocenters. The molecule has 0 N–H and O–H groups in total. The minimum atomic E-state index is -3.75. The Labute approximate surface area is 170 Å². The predicted octanol–water partition coefficient (Wildman–Crippen LogP) is 3.83. The molecule has 4 rings (SSSR count). The number of hydrogen-bond acceptors (Lipinski definition) is 6. The number of sulfonamides is 1. The second-order valence-corrected chi connectivity index (χ2v) is 9.53. The number of hydrogen-bond donors (Lipinski definition) is 0. The summed E-state index contributed by atoms with van der Waals surface area (Å²) >= 11 is 0. The zero-order valence-electron chi connectivity index (χ0n) is 16.8. The Bertz CT molecular complexity index is 1080. The topological polar surface area (TPSA) is 79.8 Å². The van der Waals surface area contributed by atoms with Crippen LogP contribution in [0.15, 0.2) is 56.5 Å². The summed E-state index contributed by atoms with van der Waals surface area (Å²) < 4.78 is 38.9. The van der Waals surface area contributed by atoms with Gasteiger partial charge in [-0.05, 0) is 57.1 Å². The van der Waals surface area contributed by atoms with Crippen LogP contribution in [0, 0.1) is 6.92 Å². The van der Waals surface area contributed by atoms with Crippen molar-refractivity contribution in [2.75, 3.05) is 20.6 Å². The molecule has 0 radical (unpaired) electrons. The lowest BCUT2D eigenvalue weighted by molar-refractivity contribution is 0.363. The SMILES string of the molecule is Cc1cc(-c2ccc(S(=O)(=O)N3CCCC3c3ccc(CN(C)C)cc3)o2)on1. The maximum Gasteiger partial charge on any atom is 0.277 e. The molecule has 8 heteroatoms. The molecule has 1 saturated heterocycles. The van der Waals surface area contributed by atoms with Gasteiger partial charge in [0.1, 0.15) is 0 Å². The van der Waals surface area contributed by atoms with Crippen LogP contribution < -0.4 is 0 Å². The van der Waals surface area contributed by atoms with Gasteiger partial charge in [-0.3, -0.25) is 0 Å². The molecular weight excluding hydrogens is 390 g/mol. The first-order valence-electron chi connectivity index (χ1n) is 9.63. The van der Waals surface area contributed by atoms with Crippen LogP contribution in [0.2, 0.25) is 0 Å². The fourth-order valence-corrected chi connectivity index (χ4v) is 5.36. The Morgan fingerprint density at radius 3 is 2.55 bits per heavy atom. The molecular formula is C21H25N3O4S. The standard InChI is InChI=1S/C21H25N3O4S/c1-15-13-20(28-22-15)19-10-11-21(27-19)29(25,26)24-12-4-5-18(24)17-8-6-16(7-9-17)14-23(2)3/h6-11,13,18H,4-5,12,14H2,1-3H3. The van der Waals surface area contributed by atoms with E-state index in [2.05, 4.69) is 22.2 Å². The van der Waals surface area contributed by atoms with Gasteiger partial charge < -0.3 is 13.8 Å². The van der Waals surface area contributed by atoms with Gasteiger partial charge in [0, 0.05) is 19.2 Å². The van der Waals surface area contributed by atoms with E-state index >= 15 is 0 Å². The Morgan fingerprint density at radius 1 is 1.14 bits per heavy atom. The van der Waals surface area contributed by atoms with Crippen LogP contribution >= 0.6 is 0 Å². The molecule has 1 aromatic carbocycles. The van der Waals surface area contributed by atoms with Crippen molar-refractivity contribution in [2.24, 2.45) is 0 Å². The summed E-state index contributed by atoms with van der Waals surface area (Å²) in [4.78, 5) is 2.10. The van der Waals surface area contributed by atoms with E-state index in [4.69, 9.17) is 8.94 Å². The van der Waals surface area contributed by atoms with Crippen molar-refractivity contribution in [3.8, 4) is 11.5 Å². The number of furan rings is 1. The molecule has 1 aliphatic heterocycles. The van der Waals surface area contributed by atoms with Crippen LogP contribution in [-0.2, 0) is 16.6 Å². The summed E-state index contributed by atoms with van der Waals surface area (Å²) in [6, 6.07) is 12.8. The molecule has 0 amide bonds. The van der Waals surface area contributed by atoms with E-state index in [-0.39, 0.29) is 11.1 Å². The molecule has 0 spiro atoms. The Balaban J connectivity index is 1.58. The number of aromatic nitrogens is 1. The molecule has 3 aromatic rings. The van der Waals surface area contributed by atoms with Gasteiger partial charge in [0.2, 0.25) is 10.9 Å². The molecule has 7 nitrogen and oxygen atoms in total. The number of benzene rings is 1. The zero-order valence-corrected chi connectivity index (χ0v) is 17.6. The largest absolute Gasteiger partial charge is 0.440 e. The summed E-state index contributed by atoms with van der Waals surface area (Å²) in [6.45, 7) is 3.12. The fourth-order valence-electron chi connectivity index (χ4n) is 3.76. The van der Waals surface area contributed by atoms with Crippen LogP contribution in [0.1, 0.15) is 35.7 Å². The van der Waals surface area contributed by atoms with E-state index in [0.29, 0.717) is 23.8 Å². The minimum absolute atomic E-state index is 0.0716. The maximum atomic E-state index is 13.3.